The highest BCUT2D eigenvalue weighted by Gasteiger charge is 2.68. The molecule has 1 aromatic rings. The van der Waals surface area contributed by atoms with Gasteiger partial charge in [0.25, 0.3) is 0 Å². The summed E-state index contributed by atoms with van der Waals surface area (Å²) >= 11 is 0. The lowest BCUT2D eigenvalue weighted by Crippen LogP contribution is -2.65. The minimum Gasteiger partial charge on any atom is -0.405 e. The van der Waals surface area contributed by atoms with Crippen molar-refractivity contribution in [1.29, 1.82) is 0 Å². The van der Waals surface area contributed by atoms with Crippen molar-refractivity contribution in [2.75, 3.05) is 13.1 Å². The van der Waals surface area contributed by atoms with E-state index in [4.69, 9.17) is 26.5 Å². The zero-order valence-electron chi connectivity index (χ0n) is 20.7. The minimum absolute atomic E-state index is 0.0112. The maximum atomic E-state index is 12.7. The Bertz CT molecular complexity index is 894. The first-order valence-corrected chi connectivity index (χ1v) is 12.6. The van der Waals surface area contributed by atoms with Gasteiger partial charge in [-0.15, -0.1) is 0 Å². The number of nitrogens with one attached hydrogen (secondary N) is 1. The summed E-state index contributed by atoms with van der Waals surface area (Å²) in [6, 6.07) is 9.68. The Labute approximate surface area is 203 Å². The molecule has 3 unspecified atom stereocenters. The van der Waals surface area contributed by atoms with Crippen LogP contribution in [0, 0.1) is 17.3 Å². The van der Waals surface area contributed by atoms with Crippen molar-refractivity contribution in [1.82, 2.24) is 5.32 Å². The van der Waals surface area contributed by atoms with Crippen LogP contribution in [-0.2, 0) is 20.5 Å². The zero-order chi connectivity index (χ0) is 24.5. The Morgan fingerprint density at radius 1 is 1.24 bits per heavy atom. The van der Waals surface area contributed by atoms with E-state index in [2.05, 4.69) is 43.2 Å². The van der Waals surface area contributed by atoms with E-state index in [0.717, 1.165) is 12.8 Å². The average Bonchev–Trinajstić information content (AvgIpc) is 3.16. The second kappa shape index (κ2) is 9.87. The first kappa shape index (κ1) is 25.0. The summed E-state index contributed by atoms with van der Waals surface area (Å²) in [5.74, 6) is 1.06. The molecular formula is C25H40BN5O3. The van der Waals surface area contributed by atoms with Crippen molar-refractivity contribution < 1.29 is 14.1 Å². The van der Waals surface area contributed by atoms with Crippen molar-refractivity contribution in [3.63, 3.8) is 0 Å². The number of nitrogens with two attached hydrogens (primary N) is 3. The first-order chi connectivity index (χ1) is 16.1. The van der Waals surface area contributed by atoms with Gasteiger partial charge in [0.05, 0.1) is 17.7 Å². The molecule has 9 heteroatoms. The topological polar surface area (TPSA) is 138 Å². The highest BCUT2D eigenvalue weighted by atomic mass is 16.7. The van der Waals surface area contributed by atoms with Gasteiger partial charge >= 0.3 is 7.12 Å². The molecule has 3 aliphatic carbocycles. The van der Waals surface area contributed by atoms with Crippen LogP contribution in [0.2, 0.25) is 5.82 Å². The summed E-state index contributed by atoms with van der Waals surface area (Å²) in [6.07, 6.45) is 4.28. The van der Waals surface area contributed by atoms with Crippen LogP contribution in [0.4, 0.5) is 0 Å². The van der Waals surface area contributed by atoms with Gasteiger partial charge < -0.3 is 31.8 Å². The van der Waals surface area contributed by atoms with Crippen molar-refractivity contribution in [3.8, 4) is 0 Å². The standard InChI is InChI=1S/C25H40BN5O3/c1-24(2)17-13-20(24)25(3)21(14-17)33-26(34-25)18(12-16-8-5-4-6-9-16)15-31-22(32)19(27)10-7-11-30-23(28)29/h4-6,8-9,17-21H,7,10-15,27H2,1-3H3,(H,31,32)(H4,28,29,30)/t17?,18-,19+,20?,21?,25-/m1/s1. The van der Waals surface area contributed by atoms with Gasteiger partial charge in [0.1, 0.15) is 0 Å². The van der Waals surface area contributed by atoms with Crippen LogP contribution in [0.15, 0.2) is 35.3 Å². The van der Waals surface area contributed by atoms with Gasteiger partial charge in [-0.05, 0) is 61.8 Å². The number of rotatable bonds is 10. The number of aliphatic imine (C=N–C) groups is 1. The molecule has 2 bridgehead atoms. The third-order valence-electron chi connectivity index (χ3n) is 8.54. The number of hydrogen-bond donors (Lipinski definition) is 4. The molecule has 7 N–H and O–H groups in total. The Hall–Kier alpha value is -2.10. The van der Waals surface area contributed by atoms with Gasteiger partial charge in [0, 0.05) is 18.9 Å². The van der Waals surface area contributed by atoms with Gasteiger partial charge in [-0.3, -0.25) is 9.79 Å². The number of nitrogens with zero attached hydrogens (tertiary/aromatic N) is 1. The molecule has 8 nitrogen and oxygen atoms in total. The van der Waals surface area contributed by atoms with Crippen molar-refractivity contribution in [3.05, 3.63) is 35.9 Å². The van der Waals surface area contributed by atoms with E-state index in [-0.39, 0.29) is 41.9 Å². The average molecular weight is 469 g/mol. The molecule has 4 fully saturated rings. The molecule has 3 saturated carbocycles. The van der Waals surface area contributed by atoms with Crippen LogP contribution in [-0.4, -0.2) is 49.8 Å². The molecule has 34 heavy (non-hydrogen) atoms. The highest BCUT2D eigenvalue weighted by molar-refractivity contribution is 6.47. The number of hydrogen-bond acceptors (Lipinski definition) is 5. The number of amides is 1. The van der Waals surface area contributed by atoms with Gasteiger partial charge in [-0.1, -0.05) is 44.2 Å². The van der Waals surface area contributed by atoms with Gasteiger partial charge in [0.2, 0.25) is 5.91 Å². The van der Waals surface area contributed by atoms with Crippen LogP contribution >= 0.6 is 0 Å². The summed E-state index contributed by atoms with van der Waals surface area (Å²) in [4.78, 5) is 16.6. The largest absolute Gasteiger partial charge is 0.463 e. The second-order valence-electron chi connectivity index (χ2n) is 11.1. The van der Waals surface area contributed by atoms with Gasteiger partial charge in [-0.25, -0.2) is 0 Å². The molecule has 1 aliphatic heterocycles. The van der Waals surface area contributed by atoms with E-state index in [1.807, 2.05) is 18.2 Å². The maximum absolute atomic E-state index is 12.7. The predicted molar refractivity (Wildman–Crippen MR) is 135 cm³/mol. The highest BCUT2D eigenvalue weighted by Crippen LogP contribution is 2.66. The quantitative estimate of drug-likeness (QED) is 0.179. The molecular weight excluding hydrogens is 429 g/mol. The van der Waals surface area contributed by atoms with E-state index >= 15 is 0 Å². The van der Waals surface area contributed by atoms with Gasteiger partial charge in [-0.2, -0.15) is 0 Å². The van der Waals surface area contributed by atoms with E-state index < -0.39 is 6.04 Å². The van der Waals surface area contributed by atoms with Crippen LogP contribution in [0.5, 0.6) is 0 Å². The van der Waals surface area contributed by atoms with Crippen molar-refractivity contribution in [2.24, 2.45) is 39.4 Å². The number of carbonyl (C=O) groups excluding carboxylic acids is 1. The van der Waals surface area contributed by atoms with E-state index in [1.165, 1.54) is 12.0 Å². The Balaban J connectivity index is 1.39. The number of benzene rings is 1. The number of carbonyl (C=O) groups is 1. The molecule has 1 saturated heterocycles. The summed E-state index contributed by atoms with van der Waals surface area (Å²) < 4.78 is 13.3. The van der Waals surface area contributed by atoms with Crippen LogP contribution in [0.25, 0.3) is 0 Å². The third kappa shape index (κ3) is 4.97. The molecule has 0 radical (unpaired) electrons. The van der Waals surface area contributed by atoms with Crippen LogP contribution < -0.4 is 22.5 Å². The smallest absolute Gasteiger partial charge is 0.405 e. The van der Waals surface area contributed by atoms with Crippen LogP contribution in [0.3, 0.4) is 0 Å². The summed E-state index contributed by atoms with van der Waals surface area (Å²) in [6.45, 7) is 7.85. The summed E-state index contributed by atoms with van der Waals surface area (Å²) in [5, 5.41) is 3.05. The van der Waals surface area contributed by atoms with E-state index in [0.29, 0.717) is 37.8 Å². The Kier molecular flexibility index (Phi) is 7.26. The first-order valence-electron chi connectivity index (χ1n) is 12.6. The molecule has 1 aromatic carbocycles. The fraction of sp³-hybridized carbons (Fsp3) is 0.680. The third-order valence-corrected chi connectivity index (χ3v) is 8.54. The maximum Gasteiger partial charge on any atom is 0.463 e. The number of guanidine groups is 1. The fourth-order valence-corrected chi connectivity index (χ4v) is 6.30. The molecule has 5 rings (SSSR count). The molecule has 1 amide bonds. The molecule has 4 aliphatic rings. The normalized spacial score (nSPS) is 30.6. The fourth-order valence-electron chi connectivity index (χ4n) is 6.30. The molecule has 6 atom stereocenters. The Morgan fingerprint density at radius 2 is 1.97 bits per heavy atom. The SMILES string of the molecule is CC1(C)C2CC3OB([C@@H](CNC(=O)[C@@H](N)CCCN=C(N)N)Cc4ccccc4)O[C@]3(C)C1C2. The summed E-state index contributed by atoms with van der Waals surface area (Å²) in [5.41, 5.74) is 18.0. The molecule has 0 aromatic heterocycles. The lowest BCUT2D eigenvalue weighted by Gasteiger charge is -2.64. The van der Waals surface area contributed by atoms with Crippen molar-refractivity contribution in [2.45, 2.75) is 76.4 Å². The van der Waals surface area contributed by atoms with Crippen molar-refractivity contribution >= 4 is 19.0 Å². The Morgan fingerprint density at radius 3 is 2.65 bits per heavy atom. The minimum atomic E-state index is -0.606. The summed E-state index contributed by atoms with van der Waals surface area (Å²) in [7, 11) is -0.358. The van der Waals surface area contributed by atoms with Gasteiger partial charge in [0.15, 0.2) is 5.96 Å². The lowest BCUT2D eigenvalue weighted by atomic mass is 9.43. The predicted octanol–water partition coefficient (Wildman–Crippen LogP) is 1.82. The molecule has 0 spiro atoms. The monoisotopic (exact) mass is 469 g/mol. The lowest BCUT2D eigenvalue weighted by molar-refractivity contribution is -0.199. The zero-order valence-corrected chi connectivity index (χ0v) is 20.7. The van der Waals surface area contributed by atoms with E-state index in [1.54, 1.807) is 0 Å². The van der Waals surface area contributed by atoms with Crippen LogP contribution in [0.1, 0.15) is 52.0 Å². The second-order valence-corrected chi connectivity index (χ2v) is 11.1. The van der Waals surface area contributed by atoms with E-state index in [9.17, 15) is 4.79 Å². The molecule has 186 valence electrons. The molecule has 1 heterocycles.